The van der Waals surface area contributed by atoms with E-state index in [4.69, 9.17) is 5.73 Å². The third-order valence-corrected chi connectivity index (χ3v) is 3.72. The number of nitrogens with zero attached hydrogens (tertiary/aromatic N) is 1. The van der Waals surface area contributed by atoms with E-state index in [9.17, 15) is 0 Å². The minimum Gasteiger partial charge on any atom is -0.399 e. The van der Waals surface area contributed by atoms with Crippen molar-refractivity contribution in [3.8, 4) is 0 Å². The summed E-state index contributed by atoms with van der Waals surface area (Å²) in [7, 11) is 0. The van der Waals surface area contributed by atoms with Crippen LogP contribution in [0.1, 0.15) is 17.0 Å². The predicted molar refractivity (Wildman–Crippen MR) is 74.1 cm³/mol. The first-order valence-corrected chi connectivity index (χ1v) is 6.55. The van der Waals surface area contributed by atoms with Gasteiger partial charge in [-0.3, -0.25) is 4.98 Å². The fourth-order valence-electron chi connectivity index (χ4n) is 1.60. The number of nitrogens with two attached hydrogens (primary N) is 1. The average Bonchev–Trinajstić information content (AvgIpc) is 2.30. The molecule has 17 heavy (non-hydrogen) atoms. The fraction of sp³-hybridized carbons (Fsp3) is 0.214. The van der Waals surface area contributed by atoms with Crippen molar-refractivity contribution in [3.63, 3.8) is 0 Å². The van der Waals surface area contributed by atoms with Crippen LogP contribution in [0.2, 0.25) is 0 Å². The van der Waals surface area contributed by atoms with Gasteiger partial charge in [0.1, 0.15) is 0 Å². The Balaban J connectivity index is 2.09. The third-order valence-electron chi connectivity index (χ3n) is 2.53. The number of nitrogen functional groups attached to an aromatic ring is 1. The number of hydrogen-bond donors (Lipinski definition) is 1. The summed E-state index contributed by atoms with van der Waals surface area (Å²) in [5.41, 5.74) is 10.0. The van der Waals surface area contributed by atoms with Crippen LogP contribution >= 0.6 is 11.8 Å². The van der Waals surface area contributed by atoms with E-state index in [-0.39, 0.29) is 0 Å². The number of thioether (sulfide) groups is 1. The van der Waals surface area contributed by atoms with Crippen molar-refractivity contribution < 1.29 is 0 Å². The molecule has 0 unspecified atom stereocenters. The number of pyridine rings is 1. The summed E-state index contributed by atoms with van der Waals surface area (Å²) in [6.45, 7) is 4.12. The molecule has 0 aliphatic heterocycles. The van der Waals surface area contributed by atoms with Gasteiger partial charge in [0.25, 0.3) is 0 Å². The van der Waals surface area contributed by atoms with Crippen LogP contribution in [-0.4, -0.2) is 4.98 Å². The highest BCUT2D eigenvalue weighted by molar-refractivity contribution is 7.98. The number of hydrogen-bond acceptors (Lipinski definition) is 3. The maximum atomic E-state index is 5.79. The Bertz CT molecular complexity index is 523. The predicted octanol–water partition coefficient (Wildman–Crippen LogP) is 3.57. The Morgan fingerprint density at radius 1 is 1.18 bits per heavy atom. The monoisotopic (exact) mass is 244 g/mol. The Morgan fingerprint density at radius 3 is 2.76 bits per heavy atom. The van der Waals surface area contributed by atoms with Crippen molar-refractivity contribution in [2.75, 3.05) is 5.73 Å². The van der Waals surface area contributed by atoms with E-state index in [0.29, 0.717) is 0 Å². The van der Waals surface area contributed by atoms with E-state index in [0.717, 1.165) is 22.8 Å². The van der Waals surface area contributed by atoms with Crippen LogP contribution < -0.4 is 5.73 Å². The lowest BCUT2D eigenvalue weighted by atomic mass is 10.2. The molecular weight excluding hydrogens is 228 g/mol. The molecule has 0 saturated carbocycles. The first kappa shape index (κ1) is 12.0. The number of rotatable bonds is 3. The van der Waals surface area contributed by atoms with Gasteiger partial charge in [0, 0.05) is 22.0 Å². The highest BCUT2D eigenvalue weighted by atomic mass is 32.2. The molecule has 1 heterocycles. The Morgan fingerprint density at radius 2 is 2.00 bits per heavy atom. The molecule has 1 aromatic carbocycles. The first-order chi connectivity index (χ1) is 8.15. The molecule has 2 nitrogen and oxygen atoms in total. The van der Waals surface area contributed by atoms with Crippen molar-refractivity contribution in [1.82, 2.24) is 4.98 Å². The van der Waals surface area contributed by atoms with Crippen LogP contribution in [0.3, 0.4) is 0 Å². The zero-order chi connectivity index (χ0) is 12.3. The molecule has 0 bridgehead atoms. The van der Waals surface area contributed by atoms with Gasteiger partial charge in [0.15, 0.2) is 0 Å². The smallest absolute Gasteiger partial charge is 0.0509 e. The highest BCUT2D eigenvalue weighted by Crippen LogP contribution is 2.27. The summed E-state index contributed by atoms with van der Waals surface area (Å²) in [4.78, 5) is 5.72. The second kappa shape index (κ2) is 5.23. The molecule has 2 N–H and O–H groups in total. The number of aromatic nitrogens is 1. The van der Waals surface area contributed by atoms with Crippen LogP contribution in [0, 0.1) is 13.8 Å². The van der Waals surface area contributed by atoms with Gasteiger partial charge in [-0.25, -0.2) is 0 Å². The van der Waals surface area contributed by atoms with Crippen LogP contribution in [0.4, 0.5) is 5.69 Å². The van der Waals surface area contributed by atoms with Gasteiger partial charge in [-0.05, 0) is 43.7 Å². The van der Waals surface area contributed by atoms with Crippen LogP contribution in [0.5, 0.6) is 0 Å². The van der Waals surface area contributed by atoms with Crippen molar-refractivity contribution in [2.24, 2.45) is 0 Å². The van der Waals surface area contributed by atoms with E-state index in [2.05, 4.69) is 24.0 Å². The average molecular weight is 244 g/mol. The summed E-state index contributed by atoms with van der Waals surface area (Å²) >= 11 is 1.78. The molecule has 0 saturated heterocycles. The molecule has 3 heteroatoms. The minimum absolute atomic E-state index is 0.815. The Labute approximate surface area is 106 Å². The Hall–Kier alpha value is -1.48. The van der Waals surface area contributed by atoms with E-state index >= 15 is 0 Å². The number of benzene rings is 1. The summed E-state index contributed by atoms with van der Waals surface area (Å²) in [6.07, 6.45) is 0. The maximum Gasteiger partial charge on any atom is 0.0509 e. The normalized spacial score (nSPS) is 10.5. The minimum atomic E-state index is 0.815. The molecule has 2 aromatic rings. The zero-order valence-corrected chi connectivity index (χ0v) is 10.9. The van der Waals surface area contributed by atoms with Crippen LogP contribution in [0.25, 0.3) is 0 Å². The molecule has 0 atom stereocenters. The molecule has 0 spiro atoms. The molecule has 0 fully saturated rings. The lowest BCUT2D eigenvalue weighted by molar-refractivity contribution is 1.10. The van der Waals surface area contributed by atoms with E-state index in [1.807, 2.05) is 31.2 Å². The topological polar surface area (TPSA) is 38.9 Å². The van der Waals surface area contributed by atoms with E-state index in [1.165, 1.54) is 10.5 Å². The second-order valence-corrected chi connectivity index (χ2v) is 5.10. The van der Waals surface area contributed by atoms with Crippen molar-refractivity contribution >= 4 is 17.4 Å². The molecule has 0 radical (unpaired) electrons. The summed E-state index contributed by atoms with van der Waals surface area (Å²) < 4.78 is 0. The van der Waals surface area contributed by atoms with Crippen molar-refractivity contribution in [1.29, 1.82) is 0 Å². The highest BCUT2D eigenvalue weighted by Gasteiger charge is 2.02. The zero-order valence-electron chi connectivity index (χ0n) is 10.1. The second-order valence-electron chi connectivity index (χ2n) is 4.08. The van der Waals surface area contributed by atoms with Gasteiger partial charge < -0.3 is 5.73 Å². The summed E-state index contributed by atoms with van der Waals surface area (Å²) in [5, 5.41) is 0. The Kier molecular flexibility index (Phi) is 3.69. The summed E-state index contributed by atoms with van der Waals surface area (Å²) in [5.74, 6) is 0.881. The van der Waals surface area contributed by atoms with Gasteiger partial charge in [0.2, 0.25) is 0 Å². The van der Waals surface area contributed by atoms with Gasteiger partial charge in [-0.1, -0.05) is 12.1 Å². The number of aryl methyl sites for hydroxylation is 2. The van der Waals surface area contributed by atoms with Gasteiger partial charge in [-0.2, -0.15) is 0 Å². The molecular formula is C14H16N2S. The van der Waals surface area contributed by atoms with E-state index < -0.39 is 0 Å². The van der Waals surface area contributed by atoms with Crippen molar-refractivity contribution in [3.05, 3.63) is 53.3 Å². The van der Waals surface area contributed by atoms with Crippen LogP contribution in [-0.2, 0) is 5.75 Å². The van der Waals surface area contributed by atoms with E-state index in [1.54, 1.807) is 11.8 Å². The quantitative estimate of drug-likeness (QED) is 0.662. The van der Waals surface area contributed by atoms with Crippen LogP contribution in [0.15, 0.2) is 41.3 Å². The largest absolute Gasteiger partial charge is 0.399 e. The lowest BCUT2D eigenvalue weighted by Gasteiger charge is -2.06. The fourth-order valence-corrected chi connectivity index (χ4v) is 2.58. The SMILES string of the molecule is Cc1cccc(CSc2cc(N)ccc2C)n1. The molecule has 0 aliphatic carbocycles. The molecule has 0 aliphatic rings. The molecule has 2 rings (SSSR count). The summed E-state index contributed by atoms with van der Waals surface area (Å²) in [6, 6.07) is 12.1. The third kappa shape index (κ3) is 3.24. The molecule has 88 valence electrons. The standard InChI is InChI=1S/C14H16N2S/c1-10-6-7-12(15)8-14(10)17-9-13-5-3-4-11(2)16-13/h3-8H,9,15H2,1-2H3. The van der Waals surface area contributed by atoms with Gasteiger partial charge in [0.05, 0.1) is 5.69 Å². The molecule has 0 amide bonds. The van der Waals surface area contributed by atoms with Crippen molar-refractivity contribution in [2.45, 2.75) is 24.5 Å². The number of anilines is 1. The lowest BCUT2D eigenvalue weighted by Crippen LogP contribution is -1.91. The van der Waals surface area contributed by atoms with Gasteiger partial charge >= 0.3 is 0 Å². The van der Waals surface area contributed by atoms with Gasteiger partial charge in [-0.15, -0.1) is 11.8 Å². The molecule has 1 aromatic heterocycles. The first-order valence-electron chi connectivity index (χ1n) is 5.56. The maximum absolute atomic E-state index is 5.79.